The van der Waals surface area contributed by atoms with E-state index in [-0.39, 0.29) is 0 Å². The molecule has 1 aromatic carbocycles. The maximum absolute atomic E-state index is 5.44. The molecule has 0 spiro atoms. The highest BCUT2D eigenvalue weighted by atomic mass is 79.9. The van der Waals surface area contributed by atoms with E-state index in [9.17, 15) is 0 Å². The van der Waals surface area contributed by atoms with Gasteiger partial charge >= 0.3 is 0 Å². The molecule has 1 unspecified atom stereocenters. The Labute approximate surface area is 133 Å². The third-order valence-corrected chi connectivity index (χ3v) is 5.01. The summed E-state index contributed by atoms with van der Waals surface area (Å²) in [5.74, 6) is 2.10. The molecule has 0 amide bonds. The molecule has 112 valence electrons. The smallest absolute Gasteiger partial charge is 0.228 e. The molecule has 0 bridgehead atoms. The minimum atomic E-state index is 0.431. The van der Waals surface area contributed by atoms with Gasteiger partial charge in [0.05, 0.1) is 0 Å². The van der Waals surface area contributed by atoms with E-state index in [0.717, 1.165) is 22.4 Å². The molecule has 2 aromatic rings. The summed E-state index contributed by atoms with van der Waals surface area (Å²) in [6.07, 6.45) is 6.09. The molecule has 1 aliphatic rings. The highest BCUT2D eigenvalue weighted by molar-refractivity contribution is 9.10. The molecule has 0 saturated heterocycles. The molecular formula is C16H20BrN3O. The molecule has 1 N–H and O–H groups in total. The van der Waals surface area contributed by atoms with Crippen molar-refractivity contribution in [2.45, 2.75) is 38.1 Å². The predicted molar refractivity (Wildman–Crippen MR) is 85.9 cm³/mol. The zero-order valence-electron chi connectivity index (χ0n) is 12.2. The van der Waals surface area contributed by atoms with E-state index >= 15 is 0 Å². The molecular weight excluding hydrogens is 330 g/mol. The molecule has 0 radical (unpaired) electrons. The van der Waals surface area contributed by atoms with Crippen molar-refractivity contribution < 1.29 is 4.52 Å². The summed E-state index contributed by atoms with van der Waals surface area (Å²) < 4.78 is 6.43. The lowest BCUT2D eigenvalue weighted by Gasteiger charge is -2.20. The maximum Gasteiger partial charge on any atom is 0.228 e. The van der Waals surface area contributed by atoms with Gasteiger partial charge in [-0.2, -0.15) is 4.98 Å². The second-order valence-electron chi connectivity index (χ2n) is 5.64. The van der Waals surface area contributed by atoms with Gasteiger partial charge in [0.2, 0.25) is 11.7 Å². The number of nitrogens with one attached hydrogen (secondary N) is 1. The number of likely N-dealkylation sites (N-methyl/N-ethyl adjacent to an activating group) is 1. The topological polar surface area (TPSA) is 51.0 Å². The Morgan fingerprint density at radius 3 is 2.81 bits per heavy atom. The number of benzene rings is 1. The van der Waals surface area contributed by atoms with E-state index in [2.05, 4.69) is 31.4 Å². The summed E-state index contributed by atoms with van der Waals surface area (Å²) in [4.78, 5) is 4.55. The Kier molecular flexibility index (Phi) is 4.70. The van der Waals surface area contributed by atoms with E-state index in [0.29, 0.717) is 17.8 Å². The minimum absolute atomic E-state index is 0.431. The fourth-order valence-corrected chi connectivity index (χ4v) is 3.60. The van der Waals surface area contributed by atoms with Crippen LogP contribution >= 0.6 is 15.9 Å². The first-order valence-corrected chi connectivity index (χ1v) is 8.32. The first kappa shape index (κ1) is 14.7. The van der Waals surface area contributed by atoms with Crippen LogP contribution in [0.15, 0.2) is 33.3 Å². The molecule has 1 atom stereocenters. The number of hydrogen-bond acceptors (Lipinski definition) is 4. The quantitative estimate of drug-likeness (QED) is 0.891. The molecule has 21 heavy (non-hydrogen) atoms. The molecule has 1 aliphatic carbocycles. The van der Waals surface area contributed by atoms with Gasteiger partial charge in [0, 0.05) is 22.5 Å². The van der Waals surface area contributed by atoms with Gasteiger partial charge in [0.15, 0.2) is 0 Å². The van der Waals surface area contributed by atoms with Crippen LogP contribution in [-0.2, 0) is 6.42 Å². The Morgan fingerprint density at radius 2 is 2.10 bits per heavy atom. The van der Waals surface area contributed by atoms with Crippen molar-refractivity contribution >= 4 is 15.9 Å². The number of nitrogens with zero attached hydrogens (tertiary/aromatic N) is 2. The van der Waals surface area contributed by atoms with E-state index < -0.39 is 0 Å². The van der Waals surface area contributed by atoms with Crippen LogP contribution in [0.1, 0.15) is 31.6 Å². The Hall–Kier alpha value is -1.20. The molecule has 1 aromatic heterocycles. The summed E-state index contributed by atoms with van der Waals surface area (Å²) in [6, 6.07) is 8.36. The largest absolute Gasteiger partial charge is 0.339 e. The van der Waals surface area contributed by atoms with E-state index in [1.165, 1.54) is 25.7 Å². The molecule has 1 saturated carbocycles. The summed E-state index contributed by atoms with van der Waals surface area (Å²) in [5, 5.41) is 7.53. The van der Waals surface area contributed by atoms with Gasteiger partial charge in [-0.05, 0) is 37.9 Å². The number of hydrogen-bond donors (Lipinski definition) is 1. The lowest BCUT2D eigenvalue weighted by atomic mass is 9.95. The lowest BCUT2D eigenvalue weighted by Crippen LogP contribution is -2.34. The van der Waals surface area contributed by atoms with Crippen LogP contribution in [0.4, 0.5) is 0 Å². The van der Waals surface area contributed by atoms with Gasteiger partial charge in [-0.15, -0.1) is 0 Å². The predicted octanol–water partition coefficient (Wildman–Crippen LogP) is 3.82. The van der Waals surface area contributed by atoms with Gasteiger partial charge in [-0.25, -0.2) is 0 Å². The number of rotatable bonds is 5. The SMILES string of the molecule is CNC(Cc1nc(-c2ccccc2Br)no1)C1CCCC1. The summed E-state index contributed by atoms with van der Waals surface area (Å²) in [6.45, 7) is 0. The highest BCUT2D eigenvalue weighted by Crippen LogP contribution is 2.30. The Morgan fingerprint density at radius 1 is 1.33 bits per heavy atom. The van der Waals surface area contributed by atoms with Crippen molar-refractivity contribution in [1.29, 1.82) is 0 Å². The fraction of sp³-hybridized carbons (Fsp3) is 0.500. The summed E-state index contributed by atoms with van der Waals surface area (Å²) >= 11 is 3.53. The first-order chi connectivity index (χ1) is 10.3. The van der Waals surface area contributed by atoms with Crippen molar-refractivity contribution in [1.82, 2.24) is 15.5 Å². The Balaban J connectivity index is 1.74. The first-order valence-electron chi connectivity index (χ1n) is 7.52. The van der Waals surface area contributed by atoms with E-state index in [1.54, 1.807) is 0 Å². The van der Waals surface area contributed by atoms with E-state index in [4.69, 9.17) is 4.52 Å². The van der Waals surface area contributed by atoms with Crippen molar-refractivity contribution in [3.05, 3.63) is 34.6 Å². The van der Waals surface area contributed by atoms with Gasteiger partial charge in [-0.1, -0.05) is 46.1 Å². The van der Waals surface area contributed by atoms with Crippen molar-refractivity contribution in [3.8, 4) is 11.4 Å². The summed E-state index contributed by atoms with van der Waals surface area (Å²) in [7, 11) is 2.02. The normalized spacial score (nSPS) is 17.2. The van der Waals surface area contributed by atoms with Gasteiger partial charge in [0.25, 0.3) is 0 Å². The minimum Gasteiger partial charge on any atom is -0.339 e. The fourth-order valence-electron chi connectivity index (χ4n) is 3.14. The van der Waals surface area contributed by atoms with Gasteiger partial charge < -0.3 is 9.84 Å². The molecule has 1 fully saturated rings. The second-order valence-corrected chi connectivity index (χ2v) is 6.49. The van der Waals surface area contributed by atoms with Crippen LogP contribution in [0.25, 0.3) is 11.4 Å². The van der Waals surface area contributed by atoms with Crippen molar-refractivity contribution in [2.24, 2.45) is 5.92 Å². The average molecular weight is 350 g/mol. The lowest BCUT2D eigenvalue weighted by molar-refractivity contribution is 0.318. The third-order valence-electron chi connectivity index (χ3n) is 4.32. The molecule has 0 aliphatic heterocycles. The monoisotopic (exact) mass is 349 g/mol. The Bertz CT molecular complexity index is 593. The average Bonchev–Trinajstić information content (AvgIpc) is 3.17. The number of halogens is 1. The third kappa shape index (κ3) is 3.35. The van der Waals surface area contributed by atoms with Crippen molar-refractivity contribution in [2.75, 3.05) is 7.05 Å². The summed E-state index contributed by atoms with van der Waals surface area (Å²) in [5.41, 5.74) is 0.967. The zero-order valence-corrected chi connectivity index (χ0v) is 13.8. The van der Waals surface area contributed by atoms with Crippen LogP contribution in [0.3, 0.4) is 0 Å². The van der Waals surface area contributed by atoms with Crippen LogP contribution in [0.5, 0.6) is 0 Å². The van der Waals surface area contributed by atoms with E-state index in [1.807, 2.05) is 31.3 Å². The number of aromatic nitrogens is 2. The van der Waals surface area contributed by atoms with Crippen LogP contribution < -0.4 is 5.32 Å². The second kappa shape index (κ2) is 6.71. The molecule has 3 rings (SSSR count). The maximum atomic E-state index is 5.44. The van der Waals surface area contributed by atoms with Gasteiger partial charge in [0.1, 0.15) is 0 Å². The van der Waals surface area contributed by atoms with Crippen LogP contribution in [0, 0.1) is 5.92 Å². The van der Waals surface area contributed by atoms with Gasteiger partial charge in [-0.3, -0.25) is 0 Å². The molecule has 4 nitrogen and oxygen atoms in total. The standard InChI is InChI=1S/C16H20BrN3O/c1-18-14(11-6-2-3-7-11)10-15-19-16(20-21-15)12-8-4-5-9-13(12)17/h4-5,8-9,11,14,18H,2-3,6-7,10H2,1H3. The molecule has 1 heterocycles. The zero-order chi connectivity index (χ0) is 14.7. The van der Waals surface area contributed by atoms with Crippen molar-refractivity contribution in [3.63, 3.8) is 0 Å². The van der Waals surface area contributed by atoms with Crippen LogP contribution in [-0.4, -0.2) is 23.2 Å². The van der Waals surface area contributed by atoms with Crippen LogP contribution in [0.2, 0.25) is 0 Å². The molecule has 5 heteroatoms. The highest BCUT2D eigenvalue weighted by Gasteiger charge is 2.26.